The second-order valence-corrected chi connectivity index (χ2v) is 6.28. The Bertz CT molecular complexity index is 788. The van der Waals surface area contributed by atoms with Gasteiger partial charge in [0.2, 0.25) is 0 Å². The van der Waals surface area contributed by atoms with Crippen molar-refractivity contribution in [3.63, 3.8) is 0 Å². The monoisotopic (exact) mass is 348 g/mol. The Morgan fingerprint density at radius 3 is 2.59 bits per heavy atom. The highest BCUT2D eigenvalue weighted by Crippen LogP contribution is 2.32. The number of nitrogens with one attached hydrogen (secondary N) is 1. The average molecular weight is 349 g/mol. The molecule has 0 atom stereocenters. The van der Waals surface area contributed by atoms with E-state index in [9.17, 15) is 4.79 Å². The number of para-hydroxylation sites is 1. The fourth-order valence-electron chi connectivity index (χ4n) is 1.87. The molecule has 1 aliphatic heterocycles. The molecule has 0 aliphatic carbocycles. The maximum absolute atomic E-state index is 12.0. The van der Waals surface area contributed by atoms with Crippen molar-refractivity contribution in [3.8, 4) is 0 Å². The van der Waals surface area contributed by atoms with Gasteiger partial charge in [0.05, 0.1) is 20.6 Å². The molecule has 2 aromatic rings. The number of nitrogens with zero attached hydrogens (tertiary/aromatic N) is 1. The van der Waals surface area contributed by atoms with Gasteiger partial charge in [0.1, 0.15) is 0 Å². The first kappa shape index (κ1) is 15.2. The molecule has 6 heteroatoms. The van der Waals surface area contributed by atoms with Crippen LogP contribution in [0.5, 0.6) is 0 Å². The molecule has 110 valence electrons. The van der Waals surface area contributed by atoms with Gasteiger partial charge in [-0.2, -0.15) is 0 Å². The van der Waals surface area contributed by atoms with Crippen molar-refractivity contribution >= 4 is 57.8 Å². The maximum atomic E-state index is 12.0. The Morgan fingerprint density at radius 1 is 1.05 bits per heavy atom. The van der Waals surface area contributed by atoms with E-state index in [4.69, 9.17) is 23.2 Å². The van der Waals surface area contributed by atoms with Crippen molar-refractivity contribution in [2.24, 2.45) is 4.99 Å². The number of hydrogen-bond donors (Lipinski definition) is 1. The van der Waals surface area contributed by atoms with Gasteiger partial charge in [-0.3, -0.25) is 4.79 Å². The Morgan fingerprint density at radius 2 is 1.82 bits per heavy atom. The number of thioether (sulfide) groups is 1. The van der Waals surface area contributed by atoms with E-state index in [2.05, 4.69) is 10.3 Å². The lowest BCUT2D eigenvalue weighted by Gasteiger charge is -2.00. The highest BCUT2D eigenvalue weighted by molar-refractivity contribution is 8.18. The molecule has 2 aromatic carbocycles. The zero-order valence-corrected chi connectivity index (χ0v) is 13.5. The topological polar surface area (TPSA) is 41.5 Å². The Hall–Kier alpha value is -1.75. The van der Waals surface area contributed by atoms with E-state index in [0.717, 1.165) is 5.69 Å². The van der Waals surface area contributed by atoms with Gasteiger partial charge < -0.3 is 5.32 Å². The molecule has 0 unspecified atom stereocenters. The number of hydrogen-bond acceptors (Lipinski definition) is 3. The van der Waals surface area contributed by atoms with Gasteiger partial charge in [-0.05, 0) is 41.6 Å². The maximum Gasteiger partial charge on any atom is 0.264 e. The second-order valence-electron chi connectivity index (χ2n) is 4.46. The van der Waals surface area contributed by atoms with Crippen LogP contribution in [0.25, 0.3) is 6.08 Å². The molecular weight excluding hydrogens is 339 g/mol. The highest BCUT2D eigenvalue weighted by Gasteiger charge is 2.24. The number of amidine groups is 1. The Labute approximate surface area is 142 Å². The molecule has 0 radical (unpaired) electrons. The SMILES string of the molecule is O=C1NC(=Nc2ccccc2)SC1=Cc1cccc(Cl)c1Cl. The fourth-order valence-corrected chi connectivity index (χ4v) is 3.07. The van der Waals surface area contributed by atoms with E-state index >= 15 is 0 Å². The first-order valence-corrected chi connectivity index (χ1v) is 7.99. The van der Waals surface area contributed by atoms with E-state index in [1.807, 2.05) is 30.3 Å². The predicted molar refractivity (Wildman–Crippen MR) is 93.7 cm³/mol. The third-order valence-corrected chi connectivity index (χ3v) is 4.65. The number of amides is 1. The number of rotatable bonds is 2. The zero-order chi connectivity index (χ0) is 15.5. The smallest absolute Gasteiger partial charge is 0.264 e. The molecule has 1 saturated heterocycles. The van der Waals surface area contributed by atoms with Crippen LogP contribution in [-0.2, 0) is 4.79 Å². The van der Waals surface area contributed by atoms with Crippen LogP contribution in [0.2, 0.25) is 10.0 Å². The first-order chi connectivity index (χ1) is 10.6. The number of benzene rings is 2. The highest BCUT2D eigenvalue weighted by atomic mass is 35.5. The Kier molecular flexibility index (Phi) is 4.52. The molecule has 1 N–H and O–H groups in total. The number of carbonyl (C=O) groups is 1. The van der Waals surface area contributed by atoms with Gasteiger partial charge in [-0.1, -0.05) is 53.5 Å². The number of aliphatic imine (C=N–C) groups is 1. The van der Waals surface area contributed by atoms with E-state index in [1.165, 1.54) is 11.8 Å². The molecule has 0 spiro atoms. The van der Waals surface area contributed by atoms with Crippen LogP contribution in [0.1, 0.15) is 5.56 Å². The normalized spacial score (nSPS) is 18.0. The molecule has 1 heterocycles. The van der Waals surface area contributed by atoms with Crippen LogP contribution >= 0.6 is 35.0 Å². The molecule has 22 heavy (non-hydrogen) atoms. The van der Waals surface area contributed by atoms with Crippen molar-refractivity contribution in [2.75, 3.05) is 0 Å². The van der Waals surface area contributed by atoms with Crippen LogP contribution < -0.4 is 5.32 Å². The minimum atomic E-state index is -0.198. The van der Waals surface area contributed by atoms with Crippen LogP contribution in [0.15, 0.2) is 58.4 Å². The lowest BCUT2D eigenvalue weighted by atomic mass is 10.2. The van der Waals surface area contributed by atoms with Gasteiger partial charge in [0.25, 0.3) is 5.91 Å². The third-order valence-electron chi connectivity index (χ3n) is 2.91. The largest absolute Gasteiger partial charge is 0.300 e. The van der Waals surface area contributed by atoms with Crippen molar-refractivity contribution in [1.82, 2.24) is 5.32 Å². The van der Waals surface area contributed by atoms with Crippen molar-refractivity contribution in [1.29, 1.82) is 0 Å². The van der Waals surface area contributed by atoms with Gasteiger partial charge in [0, 0.05) is 0 Å². The zero-order valence-electron chi connectivity index (χ0n) is 11.2. The molecule has 1 aliphatic rings. The van der Waals surface area contributed by atoms with Crippen LogP contribution in [-0.4, -0.2) is 11.1 Å². The van der Waals surface area contributed by atoms with Crippen molar-refractivity contribution < 1.29 is 4.79 Å². The third kappa shape index (κ3) is 3.35. The summed E-state index contributed by atoms with van der Waals surface area (Å²) in [5.74, 6) is -0.198. The summed E-state index contributed by atoms with van der Waals surface area (Å²) in [6, 6.07) is 14.7. The quantitative estimate of drug-likeness (QED) is 0.785. The van der Waals surface area contributed by atoms with Gasteiger partial charge in [0.15, 0.2) is 5.17 Å². The molecule has 0 aromatic heterocycles. The fraction of sp³-hybridized carbons (Fsp3) is 0. The summed E-state index contributed by atoms with van der Waals surface area (Å²) in [5, 5.41) is 4.16. The molecule has 1 amide bonds. The van der Waals surface area contributed by atoms with E-state index in [-0.39, 0.29) is 5.91 Å². The van der Waals surface area contributed by atoms with Crippen molar-refractivity contribution in [3.05, 3.63) is 69.0 Å². The summed E-state index contributed by atoms with van der Waals surface area (Å²) in [5.41, 5.74) is 1.49. The number of halogens is 2. The molecular formula is C16H10Cl2N2OS. The second kappa shape index (κ2) is 6.57. The summed E-state index contributed by atoms with van der Waals surface area (Å²) < 4.78 is 0. The lowest BCUT2D eigenvalue weighted by Crippen LogP contribution is -2.19. The van der Waals surface area contributed by atoms with Crippen LogP contribution in [0.3, 0.4) is 0 Å². The van der Waals surface area contributed by atoms with E-state index in [1.54, 1.807) is 24.3 Å². The van der Waals surface area contributed by atoms with E-state index in [0.29, 0.717) is 25.7 Å². The summed E-state index contributed by atoms with van der Waals surface area (Å²) in [6.45, 7) is 0. The Balaban J connectivity index is 1.88. The minimum absolute atomic E-state index is 0.198. The number of carbonyl (C=O) groups excluding carboxylic acids is 1. The molecule has 0 bridgehead atoms. The van der Waals surface area contributed by atoms with Crippen LogP contribution in [0.4, 0.5) is 5.69 Å². The molecule has 1 fully saturated rings. The van der Waals surface area contributed by atoms with Crippen molar-refractivity contribution in [2.45, 2.75) is 0 Å². The summed E-state index contributed by atoms with van der Waals surface area (Å²) in [6.07, 6.45) is 1.71. The van der Waals surface area contributed by atoms with Gasteiger partial charge in [-0.15, -0.1) is 0 Å². The molecule has 3 rings (SSSR count). The summed E-state index contributed by atoms with van der Waals surface area (Å²) in [7, 11) is 0. The van der Waals surface area contributed by atoms with Crippen LogP contribution in [0, 0.1) is 0 Å². The van der Waals surface area contributed by atoms with Gasteiger partial charge in [-0.25, -0.2) is 4.99 Å². The van der Waals surface area contributed by atoms with E-state index < -0.39 is 0 Å². The average Bonchev–Trinajstić information content (AvgIpc) is 2.85. The summed E-state index contributed by atoms with van der Waals surface area (Å²) in [4.78, 5) is 16.9. The standard InChI is InChI=1S/C16H10Cl2N2OS/c17-12-8-4-5-10(14(12)18)9-13-15(21)20-16(22-13)19-11-6-2-1-3-7-11/h1-9H,(H,19,20,21). The predicted octanol–water partition coefficient (Wildman–Crippen LogP) is 4.89. The molecule has 0 saturated carbocycles. The minimum Gasteiger partial charge on any atom is -0.300 e. The molecule has 3 nitrogen and oxygen atoms in total. The van der Waals surface area contributed by atoms with Gasteiger partial charge >= 0.3 is 0 Å². The summed E-state index contributed by atoms with van der Waals surface area (Å²) >= 11 is 13.4. The first-order valence-electron chi connectivity index (χ1n) is 6.42. The lowest BCUT2D eigenvalue weighted by molar-refractivity contribution is -0.115.